The summed E-state index contributed by atoms with van der Waals surface area (Å²) in [5.74, 6) is -2.21. The highest BCUT2D eigenvalue weighted by molar-refractivity contribution is 7.22. The molecule has 0 fully saturated rings. The van der Waals surface area contributed by atoms with Gasteiger partial charge in [-0.3, -0.25) is 9.59 Å². The maximum Gasteiger partial charge on any atom is 0.424 e. The number of carbonyl (C=O) groups excluding carboxylic acids is 2. The third-order valence-electron chi connectivity index (χ3n) is 7.44. The number of nitrogens with one attached hydrogen (secondary N) is 2. The number of fused-ring (bicyclic) bond motifs is 2. The molecule has 0 aliphatic carbocycles. The summed E-state index contributed by atoms with van der Waals surface area (Å²) < 4.78 is 64.3. The minimum absolute atomic E-state index is 0.00837. The zero-order valence-electron chi connectivity index (χ0n) is 24.3. The van der Waals surface area contributed by atoms with Crippen molar-refractivity contribution in [1.82, 2.24) is 20.6 Å². The predicted molar refractivity (Wildman–Crippen MR) is 158 cm³/mol. The first-order chi connectivity index (χ1) is 20.9. The van der Waals surface area contributed by atoms with Crippen molar-refractivity contribution in [2.75, 3.05) is 25.4 Å². The van der Waals surface area contributed by atoms with Crippen molar-refractivity contribution < 1.29 is 42.1 Å². The van der Waals surface area contributed by atoms with E-state index < -0.39 is 52.7 Å². The molecule has 238 valence electrons. The first-order valence-corrected chi connectivity index (χ1v) is 14.4. The molecule has 5 rings (SSSR count). The fourth-order valence-corrected chi connectivity index (χ4v) is 5.58. The number of alkyl halides is 3. The van der Waals surface area contributed by atoms with E-state index in [4.69, 9.17) is 10.5 Å². The number of nitrogens with two attached hydrogens (primary N) is 1. The van der Waals surface area contributed by atoms with Crippen molar-refractivity contribution in [3.8, 4) is 17.0 Å². The van der Waals surface area contributed by atoms with Crippen LogP contribution in [-0.2, 0) is 15.8 Å². The molecule has 4 aromatic rings. The summed E-state index contributed by atoms with van der Waals surface area (Å²) in [6.07, 6.45) is -5.36. The van der Waals surface area contributed by atoms with Crippen LogP contribution in [0.15, 0.2) is 48.5 Å². The summed E-state index contributed by atoms with van der Waals surface area (Å²) in [7, 11) is 0. The molecule has 0 spiro atoms. The lowest BCUT2D eigenvalue weighted by Gasteiger charge is -2.32. The van der Waals surface area contributed by atoms with Crippen LogP contribution in [-0.4, -0.2) is 63.5 Å². The van der Waals surface area contributed by atoms with E-state index >= 15 is 0 Å². The molecule has 2 atom stereocenters. The number of amides is 2. The third kappa shape index (κ3) is 6.15. The molecular formula is C30H29F4N5O5S. The van der Waals surface area contributed by atoms with Crippen LogP contribution in [0, 0.1) is 5.82 Å². The summed E-state index contributed by atoms with van der Waals surface area (Å²) in [4.78, 5) is 34.5. The first-order valence-electron chi connectivity index (χ1n) is 13.6. The van der Waals surface area contributed by atoms with Gasteiger partial charge >= 0.3 is 6.18 Å². The van der Waals surface area contributed by atoms with Gasteiger partial charge in [0.15, 0.2) is 5.13 Å². The highest BCUT2D eigenvalue weighted by Gasteiger charge is 2.58. The topological polar surface area (TPSA) is 160 Å². The normalized spacial score (nSPS) is 17.8. The van der Waals surface area contributed by atoms with Gasteiger partial charge < -0.3 is 31.3 Å². The Morgan fingerprint density at radius 2 is 1.73 bits per heavy atom. The van der Waals surface area contributed by atoms with Crippen molar-refractivity contribution in [1.29, 1.82) is 0 Å². The summed E-state index contributed by atoms with van der Waals surface area (Å²) in [6.45, 7) is 2.56. The molecule has 2 aromatic carbocycles. The molecule has 3 heterocycles. The summed E-state index contributed by atoms with van der Waals surface area (Å²) in [6, 6.07) is 9.88. The van der Waals surface area contributed by atoms with Gasteiger partial charge in [0.1, 0.15) is 29.3 Å². The Balaban J connectivity index is 1.58. The number of hydrogen-bond acceptors (Lipinski definition) is 9. The van der Waals surface area contributed by atoms with Gasteiger partial charge in [-0.15, -0.1) is 0 Å². The molecule has 0 saturated carbocycles. The molecule has 2 amide bonds. The molecule has 10 nitrogen and oxygen atoms in total. The summed E-state index contributed by atoms with van der Waals surface area (Å²) in [5, 5.41) is 26.4. The maximum atomic E-state index is 14.7. The number of carbonyl (C=O) groups is 2. The molecule has 0 unspecified atom stereocenters. The molecule has 1 aliphatic rings. The number of halogens is 4. The minimum atomic E-state index is -5.36. The second kappa shape index (κ2) is 11.2. The number of anilines is 1. The quantitative estimate of drug-likeness (QED) is 0.181. The van der Waals surface area contributed by atoms with Crippen LogP contribution in [0.5, 0.6) is 5.75 Å². The number of pyridine rings is 1. The van der Waals surface area contributed by atoms with Crippen molar-refractivity contribution in [2.24, 2.45) is 0 Å². The molecule has 0 bridgehead atoms. The Labute approximate surface area is 258 Å². The molecule has 1 aliphatic heterocycles. The van der Waals surface area contributed by atoms with Crippen LogP contribution in [0.4, 0.5) is 22.7 Å². The van der Waals surface area contributed by atoms with E-state index in [0.717, 1.165) is 29.5 Å². The third-order valence-corrected chi connectivity index (χ3v) is 8.28. The van der Waals surface area contributed by atoms with Gasteiger partial charge in [0.2, 0.25) is 11.5 Å². The van der Waals surface area contributed by atoms with Crippen molar-refractivity contribution >= 4 is 38.5 Å². The number of nitrogens with zero attached hydrogens (tertiary/aromatic N) is 2. The van der Waals surface area contributed by atoms with Crippen LogP contribution in [0.25, 0.3) is 21.5 Å². The van der Waals surface area contributed by atoms with E-state index in [1.165, 1.54) is 51.1 Å². The van der Waals surface area contributed by atoms with Gasteiger partial charge in [0.25, 0.3) is 5.91 Å². The zero-order valence-corrected chi connectivity index (χ0v) is 25.1. The second-order valence-electron chi connectivity index (χ2n) is 11.6. The van der Waals surface area contributed by atoms with Crippen molar-refractivity contribution in [3.05, 3.63) is 71.2 Å². The van der Waals surface area contributed by atoms with E-state index in [-0.39, 0.29) is 46.4 Å². The zero-order chi connectivity index (χ0) is 32.9. The lowest BCUT2D eigenvalue weighted by atomic mass is 9.81. The smallest absolute Gasteiger partial charge is 0.424 e. The van der Waals surface area contributed by atoms with E-state index in [0.29, 0.717) is 10.2 Å². The molecule has 0 radical (unpaired) electrons. The number of aromatic nitrogens is 2. The Morgan fingerprint density at radius 1 is 1.04 bits per heavy atom. The second-order valence-corrected chi connectivity index (χ2v) is 12.7. The summed E-state index contributed by atoms with van der Waals surface area (Å²) >= 11 is 1.09. The predicted octanol–water partition coefficient (Wildman–Crippen LogP) is 3.80. The lowest BCUT2D eigenvalue weighted by Crippen LogP contribution is -2.52. The molecule has 15 heteroatoms. The Bertz CT molecular complexity index is 1790. The largest absolute Gasteiger partial charge is 0.489 e. The average Bonchev–Trinajstić information content (AvgIpc) is 3.52. The molecule has 0 saturated heterocycles. The number of aliphatic hydroxyl groups is 2. The highest BCUT2D eigenvalue weighted by Crippen LogP contribution is 2.48. The number of rotatable bonds is 8. The van der Waals surface area contributed by atoms with Crippen LogP contribution in [0.3, 0.4) is 0 Å². The van der Waals surface area contributed by atoms with Gasteiger partial charge in [-0.2, -0.15) is 13.2 Å². The van der Waals surface area contributed by atoms with Gasteiger partial charge in [-0.1, -0.05) is 11.3 Å². The van der Waals surface area contributed by atoms with Gasteiger partial charge in [0, 0.05) is 23.2 Å². The number of ether oxygens (including phenoxy) is 1. The van der Waals surface area contributed by atoms with Crippen LogP contribution in [0.1, 0.15) is 42.4 Å². The van der Waals surface area contributed by atoms with Crippen molar-refractivity contribution in [3.63, 3.8) is 0 Å². The first kappa shape index (κ1) is 32.1. The molecule has 6 N–H and O–H groups in total. The maximum absolute atomic E-state index is 14.7. The van der Waals surface area contributed by atoms with Gasteiger partial charge in [-0.25, -0.2) is 14.4 Å². The standard InChI is InChI=1S/C30H29F4N5O5S/c1-27(2,42)12-37-25(41)28(3)14-44-23-18(28)11-21(39-22(23)15-4-7-17(31)8-5-15)29(43,30(32,33)34)13-36-24(40)16-6-9-19-20(10-16)45-26(35)38-19/h4-11,42-43H,12-14H2,1-3H3,(H2,35,38)(H,36,40)(H,37,41)/t28-,29-/m0/s1. The Morgan fingerprint density at radius 3 is 2.38 bits per heavy atom. The van der Waals surface area contributed by atoms with Gasteiger partial charge in [-0.05, 0) is 69.3 Å². The average molecular weight is 648 g/mol. The van der Waals surface area contributed by atoms with Crippen molar-refractivity contribution in [2.45, 2.75) is 43.6 Å². The highest BCUT2D eigenvalue weighted by atomic mass is 32.1. The molecular weight excluding hydrogens is 618 g/mol. The number of nitrogen functional groups attached to an aromatic ring is 1. The number of benzene rings is 2. The Hall–Kier alpha value is -4.34. The van der Waals surface area contributed by atoms with Crippen LogP contribution in [0.2, 0.25) is 0 Å². The fraction of sp³-hybridized carbons (Fsp3) is 0.333. The Kier molecular flexibility index (Phi) is 8.00. The van der Waals surface area contributed by atoms with E-state index in [9.17, 15) is 37.4 Å². The monoisotopic (exact) mass is 647 g/mol. The van der Waals surface area contributed by atoms with Gasteiger partial charge in [0.05, 0.1) is 28.1 Å². The molecule has 2 aromatic heterocycles. The van der Waals surface area contributed by atoms with Crippen LogP contribution < -0.4 is 21.1 Å². The number of hydrogen-bond donors (Lipinski definition) is 5. The van der Waals surface area contributed by atoms with Crippen LogP contribution >= 0.6 is 11.3 Å². The van der Waals surface area contributed by atoms with E-state index in [1.807, 2.05) is 0 Å². The summed E-state index contributed by atoms with van der Waals surface area (Å²) in [5.41, 5.74) is -1.36. The minimum Gasteiger partial charge on any atom is -0.489 e. The lowest BCUT2D eigenvalue weighted by molar-refractivity contribution is -0.265. The van der Waals surface area contributed by atoms with E-state index in [1.54, 1.807) is 0 Å². The number of thiazole rings is 1. The SMILES string of the molecule is CC(C)(O)CNC(=O)[C@@]1(C)COc2c1cc([C@@](O)(CNC(=O)c1ccc3nc(N)sc3c1)C(F)(F)F)nc2-c1ccc(F)cc1. The molecule has 45 heavy (non-hydrogen) atoms. The van der Waals surface area contributed by atoms with E-state index in [2.05, 4.69) is 20.6 Å². The fourth-order valence-electron chi connectivity index (χ4n) is 4.81.